The van der Waals surface area contributed by atoms with Crippen LogP contribution in [0, 0.1) is 5.41 Å². The predicted octanol–water partition coefficient (Wildman–Crippen LogP) is 0.888. The third-order valence-corrected chi connectivity index (χ3v) is 2.36. The van der Waals surface area contributed by atoms with Crippen LogP contribution in [0.25, 0.3) is 0 Å². The number of hydrogen-bond acceptors (Lipinski definition) is 4. The summed E-state index contributed by atoms with van der Waals surface area (Å²) in [5.41, 5.74) is 0.536. The first-order chi connectivity index (χ1) is 7.94. The Morgan fingerprint density at radius 3 is 2.76 bits per heavy atom. The molecule has 17 heavy (non-hydrogen) atoms. The first-order valence-electron chi connectivity index (χ1n) is 5.45. The van der Waals surface area contributed by atoms with Crippen LogP contribution in [0.5, 0.6) is 0 Å². The van der Waals surface area contributed by atoms with E-state index in [-0.39, 0.29) is 17.7 Å². The van der Waals surface area contributed by atoms with Gasteiger partial charge < -0.3 is 15.5 Å². The zero-order chi connectivity index (χ0) is 12.9. The molecule has 0 bridgehead atoms. The molecule has 0 aliphatic rings. The summed E-state index contributed by atoms with van der Waals surface area (Å²) in [6.07, 6.45) is 0. The van der Waals surface area contributed by atoms with Crippen LogP contribution in [-0.4, -0.2) is 34.3 Å². The van der Waals surface area contributed by atoms with Crippen LogP contribution in [0.4, 0.5) is 0 Å². The lowest BCUT2D eigenvalue weighted by Gasteiger charge is -2.21. The highest BCUT2D eigenvalue weighted by Crippen LogP contribution is 2.11. The van der Waals surface area contributed by atoms with Crippen molar-refractivity contribution in [3.05, 3.63) is 29.6 Å². The molecule has 1 heterocycles. The van der Waals surface area contributed by atoms with E-state index in [1.54, 1.807) is 12.1 Å². The maximum Gasteiger partial charge on any atom is 0.354 e. The van der Waals surface area contributed by atoms with E-state index in [1.807, 2.05) is 13.8 Å². The maximum absolute atomic E-state index is 10.7. The average Bonchev–Trinajstić information content (AvgIpc) is 2.29. The predicted molar refractivity (Wildman–Crippen MR) is 63.8 cm³/mol. The number of aliphatic hydroxyl groups is 1. The second-order valence-corrected chi connectivity index (χ2v) is 4.75. The van der Waals surface area contributed by atoms with E-state index in [0.29, 0.717) is 18.8 Å². The average molecular weight is 238 g/mol. The van der Waals surface area contributed by atoms with Gasteiger partial charge in [0.05, 0.1) is 5.69 Å². The largest absolute Gasteiger partial charge is 0.477 e. The van der Waals surface area contributed by atoms with Crippen molar-refractivity contribution < 1.29 is 15.0 Å². The first kappa shape index (κ1) is 13.6. The number of aliphatic hydroxyl groups excluding tert-OH is 1. The normalized spacial score (nSPS) is 11.5. The molecule has 94 valence electrons. The number of rotatable bonds is 6. The Morgan fingerprint density at radius 1 is 1.47 bits per heavy atom. The lowest BCUT2D eigenvalue weighted by molar-refractivity contribution is 0.0690. The van der Waals surface area contributed by atoms with Crippen LogP contribution in [0.15, 0.2) is 18.2 Å². The number of pyridine rings is 1. The Hall–Kier alpha value is -1.46. The zero-order valence-electron chi connectivity index (χ0n) is 10.1. The van der Waals surface area contributed by atoms with Crippen LogP contribution in [0.1, 0.15) is 30.0 Å². The molecule has 0 aliphatic heterocycles. The molecule has 0 saturated heterocycles. The van der Waals surface area contributed by atoms with Gasteiger partial charge in [-0.2, -0.15) is 0 Å². The number of carboxylic acid groups (broad SMARTS) is 1. The first-order valence-corrected chi connectivity index (χ1v) is 5.45. The van der Waals surface area contributed by atoms with Gasteiger partial charge in [0.15, 0.2) is 0 Å². The Kier molecular flexibility index (Phi) is 4.60. The van der Waals surface area contributed by atoms with Gasteiger partial charge in [-0.1, -0.05) is 19.9 Å². The summed E-state index contributed by atoms with van der Waals surface area (Å²) < 4.78 is 0. The molecule has 0 atom stereocenters. The number of nitrogens with one attached hydrogen (secondary N) is 1. The van der Waals surface area contributed by atoms with Gasteiger partial charge in [0, 0.05) is 25.1 Å². The molecule has 0 spiro atoms. The molecule has 1 aromatic heterocycles. The van der Waals surface area contributed by atoms with Gasteiger partial charge in [0.2, 0.25) is 0 Å². The summed E-state index contributed by atoms with van der Waals surface area (Å²) in [6.45, 7) is 5.12. The molecule has 0 aromatic carbocycles. The summed E-state index contributed by atoms with van der Waals surface area (Å²) in [7, 11) is 0. The second-order valence-electron chi connectivity index (χ2n) is 4.75. The monoisotopic (exact) mass is 238 g/mol. The molecule has 1 aromatic rings. The van der Waals surface area contributed by atoms with Crippen molar-refractivity contribution >= 4 is 5.97 Å². The fourth-order valence-electron chi connectivity index (χ4n) is 1.28. The van der Waals surface area contributed by atoms with Crippen LogP contribution in [-0.2, 0) is 6.54 Å². The topological polar surface area (TPSA) is 82.5 Å². The van der Waals surface area contributed by atoms with Gasteiger partial charge in [-0.05, 0) is 12.1 Å². The van der Waals surface area contributed by atoms with Crippen molar-refractivity contribution in [2.45, 2.75) is 20.4 Å². The number of carbonyl (C=O) groups is 1. The molecule has 5 nitrogen and oxygen atoms in total. The highest BCUT2D eigenvalue weighted by Gasteiger charge is 2.15. The van der Waals surface area contributed by atoms with Gasteiger partial charge in [-0.15, -0.1) is 0 Å². The maximum atomic E-state index is 10.7. The fourth-order valence-corrected chi connectivity index (χ4v) is 1.28. The number of aromatic carboxylic acids is 1. The number of aromatic nitrogens is 1. The van der Waals surface area contributed by atoms with Crippen molar-refractivity contribution in [1.82, 2.24) is 10.3 Å². The SMILES string of the molecule is CC(C)(CO)CNCc1cccc(C(=O)O)n1. The van der Waals surface area contributed by atoms with E-state index in [4.69, 9.17) is 10.2 Å². The Morgan fingerprint density at radius 2 is 2.18 bits per heavy atom. The molecule has 0 fully saturated rings. The van der Waals surface area contributed by atoms with E-state index < -0.39 is 5.97 Å². The quantitative estimate of drug-likeness (QED) is 0.685. The summed E-state index contributed by atoms with van der Waals surface area (Å²) in [4.78, 5) is 14.7. The van der Waals surface area contributed by atoms with Gasteiger partial charge in [-0.3, -0.25) is 0 Å². The van der Waals surface area contributed by atoms with Crippen LogP contribution < -0.4 is 5.32 Å². The lowest BCUT2D eigenvalue weighted by Crippen LogP contribution is -2.32. The van der Waals surface area contributed by atoms with Gasteiger partial charge in [0.1, 0.15) is 5.69 Å². The van der Waals surface area contributed by atoms with Crippen LogP contribution in [0.3, 0.4) is 0 Å². The Labute approximate surface area is 101 Å². The smallest absolute Gasteiger partial charge is 0.354 e. The van der Waals surface area contributed by atoms with E-state index in [9.17, 15) is 4.79 Å². The molecular weight excluding hydrogens is 220 g/mol. The summed E-state index contributed by atoms with van der Waals surface area (Å²) >= 11 is 0. The van der Waals surface area contributed by atoms with Crippen molar-refractivity contribution in [3.8, 4) is 0 Å². The van der Waals surface area contributed by atoms with Crippen molar-refractivity contribution in [1.29, 1.82) is 0 Å². The minimum atomic E-state index is -1.03. The zero-order valence-corrected chi connectivity index (χ0v) is 10.1. The number of nitrogens with zero attached hydrogens (tertiary/aromatic N) is 1. The summed E-state index contributed by atoms with van der Waals surface area (Å²) in [6, 6.07) is 4.90. The molecule has 0 radical (unpaired) electrons. The molecule has 0 amide bonds. The van der Waals surface area contributed by atoms with E-state index in [2.05, 4.69) is 10.3 Å². The van der Waals surface area contributed by atoms with Crippen molar-refractivity contribution in [2.75, 3.05) is 13.2 Å². The van der Waals surface area contributed by atoms with Crippen molar-refractivity contribution in [2.24, 2.45) is 5.41 Å². The number of carboxylic acids is 1. The van der Waals surface area contributed by atoms with E-state index >= 15 is 0 Å². The third kappa shape index (κ3) is 4.50. The Bertz CT molecular complexity index is 391. The van der Waals surface area contributed by atoms with E-state index in [0.717, 1.165) is 0 Å². The van der Waals surface area contributed by atoms with Gasteiger partial charge >= 0.3 is 5.97 Å². The Balaban J connectivity index is 2.52. The molecule has 5 heteroatoms. The third-order valence-electron chi connectivity index (χ3n) is 2.36. The highest BCUT2D eigenvalue weighted by atomic mass is 16.4. The van der Waals surface area contributed by atoms with Crippen molar-refractivity contribution in [3.63, 3.8) is 0 Å². The standard InChI is InChI=1S/C12H18N2O3/c1-12(2,8-15)7-13-6-9-4-3-5-10(14-9)11(16)17/h3-5,13,15H,6-8H2,1-2H3,(H,16,17). The molecule has 0 aliphatic carbocycles. The lowest BCUT2D eigenvalue weighted by atomic mass is 9.95. The van der Waals surface area contributed by atoms with E-state index in [1.165, 1.54) is 6.07 Å². The van der Waals surface area contributed by atoms with Gasteiger partial charge in [-0.25, -0.2) is 9.78 Å². The fraction of sp³-hybridized carbons (Fsp3) is 0.500. The minimum absolute atomic E-state index is 0.0470. The molecule has 3 N–H and O–H groups in total. The molecular formula is C12H18N2O3. The summed E-state index contributed by atoms with van der Waals surface area (Å²) in [5, 5.41) is 21.0. The number of hydrogen-bond donors (Lipinski definition) is 3. The molecule has 1 rings (SSSR count). The minimum Gasteiger partial charge on any atom is -0.477 e. The summed E-state index contributed by atoms with van der Waals surface area (Å²) in [5.74, 6) is -1.03. The molecule has 0 saturated carbocycles. The molecule has 0 unspecified atom stereocenters. The highest BCUT2D eigenvalue weighted by molar-refractivity contribution is 5.85. The second kappa shape index (κ2) is 5.75. The van der Waals surface area contributed by atoms with Crippen LogP contribution >= 0.6 is 0 Å². The van der Waals surface area contributed by atoms with Crippen LogP contribution in [0.2, 0.25) is 0 Å². The van der Waals surface area contributed by atoms with Gasteiger partial charge in [0.25, 0.3) is 0 Å².